The number of aryl methyl sites for hydroxylation is 1. The minimum Gasteiger partial charge on any atom is -0.493 e. The number of hydrogen-bond acceptors (Lipinski definition) is 7. The fourth-order valence-corrected chi connectivity index (χ4v) is 4.18. The van der Waals surface area contributed by atoms with E-state index >= 15 is 0 Å². The molecule has 0 aliphatic heterocycles. The summed E-state index contributed by atoms with van der Waals surface area (Å²) in [5.41, 5.74) is 1.79. The number of aromatic nitrogens is 2. The van der Waals surface area contributed by atoms with Crippen molar-refractivity contribution in [3.05, 3.63) is 28.6 Å². The number of anilines is 1. The van der Waals surface area contributed by atoms with Crippen LogP contribution in [0.25, 0.3) is 21.6 Å². The van der Waals surface area contributed by atoms with Crippen molar-refractivity contribution in [1.82, 2.24) is 9.97 Å². The zero-order valence-corrected chi connectivity index (χ0v) is 16.3. The van der Waals surface area contributed by atoms with Gasteiger partial charge in [-0.3, -0.25) is 0 Å². The Morgan fingerprint density at radius 3 is 2.59 bits per heavy atom. The third-order valence-electron chi connectivity index (χ3n) is 4.98. The number of benzene rings is 1. The Bertz CT molecular complexity index is 1050. The number of fused-ring (bicyclic) bond motifs is 1. The highest BCUT2D eigenvalue weighted by molar-refractivity contribution is 7.19. The first kappa shape index (κ1) is 17.6. The maximum atomic E-state index is 9.42. The number of ether oxygens (including phenoxy) is 2. The summed E-state index contributed by atoms with van der Waals surface area (Å²) in [6, 6.07) is 8.35. The SMILES string of the molecule is COc1ccc(-c2nc(NC3CCC3)c3c(C)c(C#N)sc3n2)cc1OC. The van der Waals surface area contributed by atoms with Gasteiger partial charge < -0.3 is 14.8 Å². The van der Waals surface area contributed by atoms with Crippen LogP contribution in [0, 0.1) is 18.3 Å². The molecule has 27 heavy (non-hydrogen) atoms. The Morgan fingerprint density at radius 1 is 1.19 bits per heavy atom. The molecule has 138 valence electrons. The molecule has 1 fully saturated rings. The molecule has 1 aromatic carbocycles. The third kappa shape index (κ3) is 3.06. The van der Waals surface area contributed by atoms with Gasteiger partial charge in [0.2, 0.25) is 0 Å². The largest absolute Gasteiger partial charge is 0.493 e. The standard InChI is InChI=1S/C20H20N4O2S/c1-11-16(10-21)27-20-17(11)19(22-13-5-4-6-13)23-18(24-20)12-7-8-14(25-2)15(9-12)26-3/h7-9,13H,4-6H2,1-3H3,(H,22,23,24). The van der Waals surface area contributed by atoms with Gasteiger partial charge >= 0.3 is 0 Å². The van der Waals surface area contributed by atoms with Crippen molar-refractivity contribution in [2.24, 2.45) is 0 Å². The molecule has 0 saturated heterocycles. The molecule has 1 N–H and O–H groups in total. The number of hydrogen-bond donors (Lipinski definition) is 1. The molecule has 0 atom stereocenters. The molecular formula is C20H20N4O2S. The minimum atomic E-state index is 0.436. The highest BCUT2D eigenvalue weighted by atomic mass is 32.1. The van der Waals surface area contributed by atoms with Gasteiger partial charge in [0.25, 0.3) is 0 Å². The van der Waals surface area contributed by atoms with E-state index in [2.05, 4.69) is 11.4 Å². The number of thiophene rings is 1. The highest BCUT2D eigenvalue weighted by Crippen LogP contribution is 2.38. The lowest BCUT2D eigenvalue weighted by Crippen LogP contribution is -2.27. The molecule has 4 rings (SSSR count). The van der Waals surface area contributed by atoms with Gasteiger partial charge in [0.05, 0.1) is 19.6 Å². The van der Waals surface area contributed by atoms with E-state index in [-0.39, 0.29) is 0 Å². The predicted octanol–water partition coefficient (Wildman–Crippen LogP) is 4.52. The maximum Gasteiger partial charge on any atom is 0.163 e. The summed E-state index contributed by atoms with van der Waals surface area (Å²) in [6.45, 7) is 1.96. The average molecular weight is 380 g/mol. The van der Waals surface area contributed by atoms with Gasteiger partial charge in [0, 0.05) is 11.6 Å². The van der Waals surface area contributed by atoms with Crippen molar-refractivity contribution in [3.63, 3.8) is 0 Å². The van der Waals surface area contributed by atoms with Crippen molar-refractivity contribution in [2.45, 2.75) is 32.2 Å². The Morgan fingerprint density at radius 2 is 1.96 bits per heavy atom. The van der Waals surface area contributed by atoms with Crippen molar-refractivity contribution < 1.29 is 9.47 Å². The smallest absolute Gasteiger partial charge is 0.163 e. The second-order valence-electron chi connectivity index (χ2n) is 6.59. The zero-order chi connectivity index (χ0) is 19.0. The fraction of sp³-hybridized carbons (Fsp3) is 0.350. The van der Waals surface area contributed by atoms with Crippen molar-refractivity contribution in [2.75, 3.05) is 19.5 Å². The molecular weight excluding hydrogens is 360 g/mol. The summed E-state index contributed by atoms with van der Waals surface area (Å²) in [6.07, 6.45) is 3.53. The first-order valence-electron chi connectivity index (χ1n) is 8.84. The fourth-order valence-electron chi connectivity index (χ4n) is 3.20. The Balaban J connectivity index is 1.87. The van der Waals surface area contributed by atoms with E-state index in [9.17, 15) is 5.26 Å². The summed E-state index contributed by atoms with van der Waals surface area (Å²) in [5, 5.41) is 13.9. The van der Waals surface area contributed by atoms with Crippen LogP contribution in [0.2, 0.25) is 0 Å². The van der Waals surface area contributed by atoms with Gasteiger partial charge in [-0.25, -0.2) is 9.97 Å². The monoisotopic (exact) mass is 380 g/mol. The summed E-state index contributed by atoms with van der Waals surface area (Å²) in [7, 11) is 3.22. The molecule has 6 nitrogen and oxygen atoms in total. The first-order valence-corrected chi connectivity index (χ1v) is 9.66. The summed E-state index contributed by atoms with van der Waals surface area (Å²) >= 11 is 1.41. The lowest BCUT2D eigenvalue weighted by atomic mass is 9.93. The molecule has 2 aromatic heterocycles. The van der Waals surface area contributed by atoms with Gasteiger partial charge in [-0.2, -0.15) is 5.26 Å². The average Bonchev–Trinajstić information content (AvgIpc) is 2.99. The van der Waals surface area contributed by atoms with E-state index in [0.717, 1.165) is 40.0 Å². The van der Waals surface area contributed by atoms with E-state index in [1.807, 2.05) is 25.1 Å². The van der Waals surface area contributed by atoms with Crippen molar-refractivity contribution >= 4 is 27.4 Å². The molecule has 1 aliphatic rings. The minimum absolute atomic E-state index is 0.436. The molecule has 3 aromatic rings. The molecule has 7 heteroatoms. The van der Waals surface area contributed by atoms with Crippen LogP contribution < -0.4 is 14.8 Å². The second kappa shape index (κ2) is 7.05. The molecule has 0 amide bonds. The van der Waals surface area contributed by atoms with Crippen LogP contribution in [0.15, 0.2) is 18.2 Å². The van der Waals surface area contributed by atoms with E-state index in [1.165, 1.54) is 17.8 Å². The van der Waals surface area contributed by atoms with Gasteiger partial charge in [-0.05, 0) is 49.9 Å². The zero-order valence-electron chi connectivity index (χ0n) is 15.5. The normalized spacial score (nSPS) is 13.9. The summed E-state index contributed by atoms with van der Waals surface area (Å²) in [5.74, 6) is 2.71. The summed E-state index contributed by atoms with van der Waals surface area (Å²) in [4.78, 5) is 11.1. The Hall–Kier alpha value is -2.85. The van der Waals surface area contributed by atoms with Crippen LogP contribution in [0.5, 0.6) is 11.5 Å². The van der Waals surface area contributed by atoms with Crippen LogP contribution in [-0.2, 0) is 0 Å². The Kier molecular flexibility index (Phi) is 4.58. The molecule has 0 spiro atoms. The van der Waals surface area contributed by atoms with E-state index in [1.54, 1.807) is 14.2 Å². The van der Waals surface area contributed by atoms with Gasteiger partial charge in [-0.15, -0.1) is 11.3 Å². The molecule has 0 radical (unpaired) electrons. The molecule has 1 aliphatic carbocycles. The number of methoxy groups -OCH3 is 2. The third-order valence-corrected chi connectivity index (χ3v) is 6.07. The molecule has 0 unspecified atom stereocenters. The summed E-state index contributed by atoms with van der Waals surface area (Å²) < 4.78 is 10.7. The maximum absolute atomic E-state index is 9.42. The van der Waals surface area contributed by atoms with Gasteiger partial charge in [0.1, 0.15) is 21.6 Å². The number of rotatable bonds is 5. The van der Waals surface area contributed by atoms with Gasteiger partial charge in [0.15, 0.2) is 17.3 Å². The molecule has 1 saturated carbocycles. The number of nitrogens with zero attached hydrogens (tertiary/aromatic N) is 3. The van der Waals surface area contributed by atoms with Crippen molar-refractivity contribution in [3.8, 4) is 29.0 Å². The van der Waals surface area contributed by atoms with Crippen LogP contribution in [-0.4, -0.2) is 30.2 Å². The lowest BCUT2D eigenvalue weighted by molar-refractivity contribution is 0.355. The van der Waals surface area contributed by atoms with E-state index in [4.69, 9.17) is 19.4 Å². The van der Waals surface area contributed by atoms with E-state index < -0.39 is 0 Å². The highest BCUT2D eigenvalue weighted by Gasteiger charge is 2.22. The first-order chi connectivity index (χ1) is 13.1. The quantitative estimate of drug-likeness (QED) is 0.701. The topological polar surface area (TPSA) is 80.1 Å². The molecule has 0 bridgehead atoms. The lowest BCUT2D eigenvalue weighted by Gasteiger charge is -2.27. The van der Waals surface area contributed by atoms with E-state index in [0.29, 0.717) is 28.2 Å². The van der Waals surface area contributed by atoms with Crippen LogP contribution >= 0.6 is 11.3 Å². The molecule has 2 heterocycles. The number of nitrogens with one attached hydrogen (secondary N) is 1. The van der Waals surface area contributed by atoms with Crippen LogP contribution in [0.1, 0.15) is 29.7 Å². The number of nitriles is 1. The van der Waals surface area contributed by atoms with Crippen LogP contribution in [0.3, 0.4) is 0 Å². The van der Waals surface area contributed by atoms with Gasteiger partial charge in [-0.1, -0.05) is 0 Å². The second-order valence-corrected chi connectivity index (χ2v) is 7.58. The Labute approximate surface area is 161 Å². The van der Waals surface area contributed by atoms with Crippen molar-refractivity contribution in [1.29, 1.82) is 5.26 Å². The van der Waals surface area contributed by atoms with Crippen LogP contribution in [0.4, 0.5) is 5.82 Å². The predicted molar refractivity (Wildman–Crippen MR) is 107 cm³/mol.